The lowest BCUT2D eigenvalue weighted by molar-refractivity contribution is -0.143. The molecule has 0 spiro atoms. The average molecular weight is 269 g/mol. The highest BCUT2D eigenvalue weighted by molar-refractivity contribution is 5.77. The molecule has 0 saturated heterocycles. The summed E-state index contributed by atoms with van der Waals surface area (Å²) < 4.78 is 0. The molecule has 1 aromatic rings. The maximum absolute atomic E-state index is 10.9. The average Bonchev–Trinajstić information content (AvgIpc) is 2.29. The van der Waals surface area contributed by atoms with E-state index in [4.69, 9.17) is 10.8 Å². The van der Waals surface area contributed by atoms with Gasteiger partial charge in [-0.05, 0) is 37.3 Å². The van der Waals surface area contributed by atoms with Crippen LogP contribution in [0.15, 0.2) is 12.1 Å². The van der Waals surface area contributed by atoms with Gasteiger partial charge < -0.3 is 26.2 Å². The highest BCUT2D eigenvalue weighted by Gasteiger charge is 2.30. The quantitative estimate of drug-likeness (QED) is 0.511. The summed E-state index contributed by atoms with van der Waals surface area (Å²) in [7, 11) is 0. The van der Waals surface area contributed by atoms with Crippen molar-refractivity contribution in [2.45, 2.75) is 32.2 Å². The van der Waals surface area contributed by atoms with E-state index in [1.807, 2.05) is 0 Å². The smallest absolute Gasteiger partial charge is 0.323 e. The molecule has 2 unspecified atom stereocenters. The number of phenolic OH excluding ortho intramolecular Hbond substituents is 3. The van der Waals surface area contributed by atoms with Crippen LogP contribution in [0, 0.1) is 5.92 Å². The predicted octanol–water partition coefficient (Wildman–Crippen LogP) is 1.17. The zero-order valence-electron chi connectivity index (χ0n) is 10.9. The van der Waals surface area contributed by atoms with E-state index >= 15 is 0 Å². The minimum Gasteiger partial charge on any atom is -0.504 e. The second-order valence-electron chi connectivity index (χ2n) is 5.18. The van der Waals surface area contributed by atoms with E-state index in [1.165, 1.54) is 19.1 Å². The maximum Gasteiger partial charge on any atom is 0.323 e. The fourth-order valence-corrected chi connectivity index (χ4v) is 2.03. The summed E-state index contributed by atoms with van der Waals surface area (Å²) in [4.78, 5) is 10.9. The number of phenols is 3. The van der Waals surface area contributed by atoms with Crippen molar-refractivity contribution in [1.82, 2.24) is 0 Å². The molecular weight excluding hydrogens is 250 g/mol. The molecule has 0 fully saturated rings. The lowest BCUT2D eigenvalue weighted by atomic mass is 9.87. The molecule has 0 aliphatic rings. The molecule has 6 nitrogen and oxygen atoms in total. The molecule has 0 amide bonds. The van der Waals surface area contributed by atoms with E-state index in [-0.39, 0.29) is 18.1 Å². The second kappa shape index (κ2) is 5.36. The molecular formula is C13H19NO5. The topological polar surface area (TPSA) is 124 Å². The van der Waals surface area contributed by atoms with Crippen molar-refractivity contribution in [3.05, 3.63) is 17.7 Å². The van der Waals surface area contributed by atoms with Crippen molar-refractivity contribution in [2.75, 3.05) is 0 Å². The highest BCUT2D eigenvalue weighted by Crippen LogP contribution is 2.38. The van der Waals surface area contributed by atoms with Crippen molar-refractivity contribution in [3.63, 3.8) is 0 Å². The van der Waals surface area contributed by atoms with Gasteiger partial charge in [0.05, 0.1) is 0 Å². The van der Waals surface area contributed by atoms with Crippen LogP contribution in [0.25, 0.3) is 0 Å². The number of carboxylic acids is 1. The van der Waals surface area contributed by atoms with Crippen LogP contribution < -0.4 is 5.73 Å². The summed E-state index contributed by atoms with van der Waals surface area (Å²) in [5.74, 6) is -2.56. The van der Waals surface area contributed by atoms with Gasteiger partial charge >= 0.3 is 5.97 Å². The first-order valence-electron chi connectivity index (χ1n) is 5.90. The zero-order chi connectivity index (χ0) is 14.8. The standard InChI is InChI=1S/C13H19NO5/c1-7(6-13(2,14)12(18)19)5-8-3-4-9(15)11(17)10(8)16/h3-4,7,15-17H,5-6,14H2,1-2H3,(H,18,19). The lowest BCUT2D eigenvalue weighted by Crippen LogP contribution is -2.46. The van der Waals surface area contributed by atoms with Crippen LogP contribution in [-0.2, 0) is 11.2 Å². The summed E-state index contributed by atoms with van der Waals surface area (Å²) >= 11 is 0. The molecule has 0 radical (unpaired) electrons. The van der Waals surface area contributed by atoms with Gasteiger partial charge in [0.2, 0.25) is 5.75 Å². The number of hydrogen-bond donors (Lipinski definition) is 5. The van der Waals surface area contributed by atoms with Crippen molar-refractivity contribution in [2.24, 2.45) is 11.7 Å². The van der Waals surface area contributed by atoms with Crippen LogP contribution in [0.5, 0.6) is 17.2 Å². The second-order valence-corrected chi connectivity index (χ2v) is 5.18. The number of hydrogen-bond acceptors (Lipinski definition) is 5. The first-order valence-corrected chi connectivity index (χ1v) is 5.90. The molecule has 1 aromatic carbocycles. The Morgan fingerprint density at radius 1 is 1.32 bits per heavy atom. The fourth-order valence-electron chi connectivity index (χ4n) is 2.03. The molecule has 106 valence electrons. The maximum atomic E-state index is 10.9. The molecule has 0 aromatic heterocycles. The molecule has 0 saturated carbocycles. The SMILES string of the molecule is CC(Cc1ccc(O)c(O)c1O)CC(C)(N)C(=O)O. The van der Waals surface area contributed by atoms with Crippen molar-refractivity contribution in [1.29, 1.82) is 0 Å². The van der Waals surface area contributed by atoms with Crippen molar-refractivity contribution >= 4 is 5.97 Å². The molecule has 1 rings (SSSR count). The van der Waals surface area contributed by atoms with Crippen LogP contribution >= 0.6 is 0 Å². The van der Waals surface area contributed by atoms with Crippen LogP contribution in [-0.4, -0.2) is 31.9 Å². The van der Waals surface area contributed by atoms with Gasteiger partial charge in [-0.2, -0.15) is 0 Å². The normalized spacial score (nSPS) is 15.7. The third-order valence-electron chi connectivity index (χ3n) is 3.04. The number of nitrogens with two attached hydrogens (primary N) is 1. The summed E-state index contributed by atoms with van der Waals surface area (Å²) in [6.45, 7) is 3.23. The Balaban J connectivity index is 2.81. The van der Waals surface area contributed by atoms with Crippen molar-refractivity contribution < 1.29 is 25.2 Å². The van der Waals surface area contributed by atoms with Crippen LogP contribution in [0.2, 0.25) is 0 Å². The van der Waals surface area contributed by atoms with Crippen molar-refractivity contribution in [3.8, 4) is 17.2 Å². The van der Waals surface area contributed by atoms with Gasteiger partial charge in [0, 0.05) is 0 Å². The van der Waals surface area contributed by atoms with E-state index in [0.717, 1.165) is 0 Å². The van der Waals surface area contributed by atoms with E-state index < -0.39 is 23.0 Å². The Labute approximate surface area is 111 Å². The number of carbonyl (C=O) groups is 1. The molecule has 2 atom stereocenters. The minimum atomic E-state index is -1.34. The Hall–Kier alpha value is -1.95. The fraction of sp³-hybridized carbons (Fsp3) is 0.462. The van der Waals surface area contributed by atoms with E-state index in [0.29, 0.717) is 12.0 Å². The Bertz CT molecular complexity index is 484. The molecule has 0 aliphatic carbocycles. The highest BCUT2D eigenvalue weighted by atomic mass is 16.4. The lowest BCUT2D eigenvalue weighted by Gasteiger charge is -2.23. The Morgan fingerprint density at radius 2 is 1.89 bits per heavy atom. The van der Waals surface area contributed by atoms with Crippen LogP contribution in [0.4, 0.5) is 0 Å². The number of carboxylic acid groups (broad SMARTS) is 1. The minimum absolute atomic E-state index is 0.110. The number of benzene rings is 1. The van der Waals surface area contributed by atoms with Crippen LogP contribution in [0.3, 0.4) is 0 Å². The van der Waals surface area contributed by atoms with E-state index in [2.05, 4.69) is 0 Å². The first kappa shape index (κ1) is 15.1. The van der Waals surface area contributed by atoms with Gasteiger partial charge in [-0.3, -0.25) is 4.79 Å². The number of aromatic hydroxyl groups is 3. The van der Waals surface area contributed by atoms with Crippen LogP contribution in [0.1, 0.15) is 25.8 Å². The summed E-state index contributed by atoms with van der Waals surface area (Å²) in [6, 6.07) is 2.76. The van der Waals surface area contributed by atoms with Gasteiger partial charge in [0.15, 0.2) is 11.5 Å². The third kappa shape index (κ3) is 3.51. The Kier molecular flexibility index (Phi) is 4.26. The molecule has 0 heterocycles. The third-order valence-corrected chi connectivity index (χ3v) is 3.04. The Morgan fingerprint density at radius 3 is 2.42 bits per heavy atom. The molecule has 19 heavy (non-hydrogen) atoms. The van der Waals surface area contributed by atoms with Gasteiger partial charge in [-0.25, -0.2) is 0 Å². The summed E-state index contributed by atoms with van der Waals surface area (Å²) in [5, 5.41) is 37.2. The van der Waals surface area contributed by atoms with E-state index in [1.54, 1.807) is 6.92 Å². The zero-order valence-corrected chi connectivity index (χ0v) is 10.9. The van der Waals surface area contributed by atoms with E-state index in [9.17, 15) is 20.1 Å². The van der Waals surface area contributed by atoms with Gasteiger partial charge in [0.25, 0.3) is 0 Å². The molecule has 6 heteroatoms. The predicted molar refractivity (Wildman–Crippen MR) is 69.1 cm³/mol. The molecule has 6 N–H and O–H groups in total. The molecule has 0 bridgehead atoms. The summed E-state index contributed by atoms with van der Waals surface area (Å²) in [6.07, 6.45) is 0.573. The molecule has 0 aliphatic heterocycles. The largest absolute Gasteiger partial charge is 0.504 e. The van der Waals surface area contributed by atoms with Gasteiger partial charge in [-0.15, -0.1) is 0 Å². The summed E-state index contributed by atoms with van der Waals surface area (Å²) in [5.41, 5.74) is 4.75. The van der Waals surface area contributed by atoms with Gasteiger partial charge in [0.1, 0.15) is 5.54 Å². The monoisotopic (exact) mass is 269 g/mol. The number of rotatable bonds is 5. The first-order chi connectivity index (χ1) is 8.65. The van der Waals surface area contributed by atoms with Gasteiger partial charge in [-0.1, -0.05) is 13.0 Å². The number of aliphatic carboxylic acids is 1.